The number of amides is 1. The van der Waals surface area contributed by atoms with Crippen LogP contribution in [-0.4, -0.2) is 82.8 Å². The van der Waals surface area contributed by atoms with Crippen LogP contribution in [0.2, 0.25) is 5.02 Å². The summed E-state index contributed by atoms with van der Waals surface area (Å²) < 4.78 is 7.35. The van der Waals surface area contributed by atoms with E-state index in [4.69, 9.17) is 16.3 Å². The second kappa shape index (κ2) is 10.2. The normalized spacial score (nSPS) is 19.5. The minimum atomic E-state index is 0.0918. The minimum Gasteiger partial charge on any atom is -0.497 e. The minimum absolute atomic E-state index is 0.0918. The molecular formula is C26H30ClN5O2. The molecule has 178 valence electrons. The lowest BCUT2D eigenvalue weighted by Crippen LogP contribution is -2.52. The van der Waals surface area contributed by atoms with E-state index in [2.05, 4.69) is 37.8 Å². The lowest BCUT2D eigenvalue weighted by Gasteiger charge is -2.38. The van der Waals surface area contributed by atoms with E-state index in [1.165, 1.54) is 0 Å². The summed E-state index contributed by atoms with van der Waals surface area (Å²) in [6.45, 7) is 6.20. The van der Waals surface area contributed by atoms with Gasteiger partial charge in [-0.1, -0.05) is 11.6 Å². The predicted octanol–water partition coefficient (Wildman–Crippen LogP) is 3.70. The Bertz CT molecular complexity index is 1110. The summed E-state index contributed by atoms with van der Waals surface area (Å²) in [7, 11) is 1.68. The van der Waals surface area contributed by atoms with E-state index in [0.717, 1.165) is 69.4 Å². The van der Waals surface area contributed by atoms with E-state index in [1.807, 2.05) is 23.2 Å². The molecule has 0 bridgehead atoms. The number of methoxy groups -OCH3 is 1. The summed E-state index contributed by atoms with van der Waals surface area (Å²) in [5.41, 5.74) is 2.95. The molecule has 5 rings (SSSR count). The number of hydrogen-bond acceptors (Lipinski definition) is 5. The number of hydrogen-bond donors (Lipinski definition) is 0. The molecule has 2 aliphatic rings. The van der Waals surface area contributed by atoms with Gasteiger partial charge in [0.15, 0.2) is 0 Å². The highest BCUT2D eigenvalue weighted by atomic mass is 35.5. The molecule has 1 amide bonds. The summed E-state index contributed by atoms with van der Waals surface area (Å²) in [5.74, 6) is 0.946. The molecule has 3 heterocycles. The molecule has 1 aromatic heterocycles. The average molecular weight is 480 g/mol. The number of halogens is 1. The standard InChI is InChI=1S/C26H30ClN5O2/c1-34-24-8-4-20(5-9-24)25-10-12-28-32(25)19-29-13-11-23(18-29)30-14-16-31(17-15-30)26(33)21-2-6-22(27)7-3-21/h2-10,12,23H,11,13-19H2,1H3. The first-order valence-electron chi connectivity index (χ1n) is 11.8. The van der Waals surface area contributed by atoms with E-state index in [1.54, 1.807) is 31.4 Å². The lowest BCUT2D eigenvalue weighted by atomic mass is 10.1. The fourth-order valence-corrected chi connectivity index (χ4v) is 5.07. The summed E-state index contributed by atoms with van der Waals surface area (Å²) >= 11 is 5.96. The molecule has 0 radical (unpaired) electrons. The van der Waals surface area contributed by atoms with Crippen LogP contribution >= 0.6 is 11.6 Å². The van der Waals surface area contributed by atoms with Crippen molar-refractivity contribution in [2.45, 2.75) is 19.1 Å². The second-order valence-corrected chi connectivity index (χ2v) is 9.38. The van der Waals surface area contributed by atoms with Crippen molar-refractivity contribution in [3.8, 4) is 17.0 Å². The predicted molar refractivity (Wildman–Crippen MR) is 133 cm³/mol. The number of ether oxygens (including phenoxy) is 1. The first-order chi connectivity index (χ1) is 16.6. The third kappa shape index (κ3) is 4.97. The Morgan fingerprint density at radius 1 is 1.00 bits per heavy atom. The van der Waals surface area contributed by atoms with Crippen LogP contribution in [0.3, 0.4) is 0 Å². The van der Waals surface area contributed by atoms with Crippen LogP contribution in [0.25, 0.3) is 11.3 Å². The smallest absolute Gasteiger partial charge is 0.253 e. The molecular weight excluding hydrogens is 450 g/mol. The summed E-state index contributed by atoms with van der Waals surface area (Å²) in [6, 6.07) is 17.9. The number of nitrogens with zero attached hydrogens (tertiary/aromatic N) is 5. The van der Waals surface area contributed by atoms with Crippen molar-refractivity contribution < 1.29 is 9.53 Å². The van der Waals surface area contributed by atoms with Crippen LogP contribution in [0.15, 0.2) is 60.8 Å². The van der Waals surface area contributed by atoms with Gasteiger partial charge in [0.2, 0.25) is 0 Å². The maximum absolute atomic E-state index is 12.8. The number of rotatable bonds is 6. The van der Waals surface area contributed by atoms with E-state index in [9.17, 15) is 4.79 Å². The van der Waals surface area contributed by atoms with Crippen LogP contribution in [0.5, 0.6) is 5.75 Å². The van der Waals surface area contributed by atoms with Crippen LogP contribution < -0.4 is 4.74 Å². The molecule has 0 N–H and O–H groups in total. The molecule has 2 fully saturated rings. The third-order valence-corrected chi connectivity index (χ3v) is 7.14. The molecule has 2 saturated heterocycles. The van der Waals surface area contributed by atoms with Crippen molar-refractivity contribution in [1.29, 1.82) is 0 Å². The molecule has 7 nitrogen and oxygen atoms in total. The molecule has 34 heavy (non-hydrogen) atoms. The molecule has 0 saturated carbocycles. The van der Waals surface area contributed by atoms with Gasteiger partial charge in [0.05, 0.1) is 19.5 Å². The van der Waals surface area contributed by atoms with Crippen LogP contribution in [0.1, 0.15) is 16.8 Å². The van der Waals surface area contributed by atoms with Crippen molar-refractivity contribution in [2.75, 3.05) is 46.4 Å². The van der Waals surface area contributed by atoms with E-state index in [0.29, 0.717) is 16.6 Å². The SMILES string of the molecule is COc1ccc(-c2ccnn2CN2CCC(N3CCN(C(=O)c4ccc(Cl)cc4)CC3)C2)cc1. The molecule has 2 aliphatic heterocycles. The Balaban J connectivity index is 1.14. The van der Waals surface area contributed by atoms with Crippen molar-refractivity contribution in [3.63, 3.8) is 0 Å². The Hall–Kier alpha value is -2.87. The number of aromatic nitrogens is 2. The molecule has 0 spiro atoms. The molecule has 8 heteroatoms. The Kier molecular flexibility index (Phi) is 6.85. The van der Waals surface area contributed by atoms with Crippen molar-refractivity contribution >= 4 is 17.5 Å². The highest BCUT2D eigenvalue weighted by Crippen LogP contribution is 2.24. The molecule has 1 unspecified atom stereocenters. The number of benzene rings is 2. The first-order valence-corrected chi connectivity index (χ1v) is 12.2. The quantitative estimate of drug-likeness (QED) is 0.539. The maximum atomic E-state index is 12.8. The lowest BCUT2D eigenvalue weighted by molar-refractivity contribution is 0.0570. The fourth-order valence-electron chi connectivity index (χ4n) is 4.95. The van der Waals surface area contributed by atoms with Crippen molar-refractivity contribution in [1.82, 2.24) is 24.5 Å². The van der Waals surface area contributed by atoms with E-state index >= 15 is 0 Å². The second-order valence-electron chi connectivity index (χ2n) is 8.94. The van der Waals surface area contributed by atoms with Crippen molar-refractivity contribution in [2.24, 2.45) is 0 Å². The zero-order chi connectivity index (χ0) is 23.5. The zero-order valence-electron chi connectivity index (χ0n) is 19.4. The largest absolute Gasteiger partial charge is 0.497 e. The van der Waals surface area contributed by atoms with Crippen LogP contribution in [0.4, 0.5) is 0 Å². The van der Waals surface area contributed by atoms with Crippen LogP contribution in [-0.2, 0) is 6.67 Å². The first kappa shape index (κ1) is 22.9. The highest BCUT2D eigenvalue weighted by Gasteiger charge is 2.31. The Morgan fingerprint density at radius 2 is 1.74 bits per heavy atom. The molecule has 2 aromatic carbocycles. The van der Waals surface area contributed by atoms with Gasteiger partial charge in [-0.2, -0.15) is 5.10 Å². The molecule has 1 atom stereocenters. The monoisotopic (exact) mass is 479 g/mol. The average Bonchev–Trinajstić information content (AvgIpc) is 3.54. The van der Waals surface area contributed by atoms with Gasteiger partial charge in [-0.05, 0) is 61.0 Å². The number of carbonyl (C=O) groups is 1. The van der Waals surface area contributed by atoms with Crippen molar-refractivity contribution in [3.05, 3.63) is 71.4 Å². The van der Waals surface area contributed by atoms with Gasteiger partial charge >= 0.3 is 0 Å². The van der Waals surface area contributed by atoms with Gasteiger partial charge in [0.25, 0.3) is 5.91 Å². The maximum Gasteiger partial charge on any atom is 0.253 e. The highest BCUT2D eigenvalue weighted by molar-refractivity contribution is 6.30. The topological polar surface area (TPSA) is 53.8 Å². The molecule has 0 aliphatic carbocycles. The van der Waals surface area contributed by atoms with E-state index in [-0.39, 0.29) is 5.91 Å². The fraction of sp³-hybridized carbons (Fsp3) is 0.385. The van der Waals surface area contributed by atoms with Gasteiger partial charge in [-0.25, -0.2) is 0 Å². The number of piperazine rings is 1. The Labute approximate surface area is 205 Å². The summed E-state index contributed by atoms with van der Waals surface area (Å²) in [6.07, 6.45) is 3.01. The van der Waals surface area contributed by atoms with Gasteiger partial charge in [0.1, 0.15) is 5.75 Å². The third-order valence-electron chi connectivity index (χ3n) is 6.89. The zero-order valence-corrected chi connectivity index (χ0v) is 20.2. The van der Waals surface area contributed by atoms with Crippen LogP contribution in [0, 0.1) is 0 Å². The molecule has 3 aromatic rings. The van der Waals surface area contributed by atoms with Gasteiger partial charge in [-0.15, -0.1) is 0 Å². The number of carbonyl (C=O) groups excluding carboxylic acids is 1. The number of likely N-dealkylation sites (tertiary alicyclic amines) is 1. The van der Waals surface area contributed by atoms with Gasteiger partial charge in [-0.3, -0.25) is 19.3 Å². The summed E-state index contributed by atoms with van der Waals surface area (Å²) in [5, 5.41) is 5.23. The van der Waals surface area contributed by atoms with Gasteiger partial charge < -0.3 is 9.64 Å². The Morgan fingerprint density at radius 3 is 2.44 bits per heavy atom. The van der Waals surface area contributed by atoms with Gasteiger partial charge in [0, 0.05) is 67.7 Å². The summed E-state index contributed by atoms with van der Waals surface area (Å²) in [4.78, 5) is 19.8. The van der Waals surface area contributed by atoms with E-state index < -0.39 is 0 Å².